The molecule has 0 saturated carbocycles. The van der Waals surface area contributed by atoms with Gasteiger partial charge in [0.05, 0.1) is 13.2 Å². The van der Waals surface area contributed by atoms with Gasteiger partial charge >= 0.3 is 5.97 Å². The zero-order valence-electron chi connectivity index (χ0n) is 11.9. The predicted octanol–water partition coefficient (Wildman–Crippen LogP) is 0.323. The molecular weight excluding hydrogens is 248 g/mol. The first-order valence-corrected chi connectivity index (χ1v) is 6.70. The summed E-state index contributed by atoms with van der Waals surface area (Å²) in [6.07, 6.45) is 1.83. The van der Waals surface area contributed by atoms with Crippen LogP contribution >= 0.6 is 0 Å². The van der Waals surface area contributed by atoms with Crippen molar-refractivity contribution in [3.05, 3.63) is 0 Å². The van der Waals surface area contributed by atoms with Gasteiger partial charge in [-0.15, -0.1) is 0 Å². The maximum Gasteiger partial charge on any atom is 0.321 e. The molecule has 1 aliphatic heterocycles. The highest BCUT2D eigenvalue weighted by molar-refractivity contribution is 5.80. The number of carbonyl (C=O) groups is 2. The summed E-state index contributed by atoms with van der Waals surface area (Å²) >= 11 is 0. The van der Waals surface area contributed by atoms with Crippen LogP contribution in [0.3, 0.4) is 0 Å². The van der Waals surface area contributed by atoms with Crippen molar-refractivity contribution in [2.24, 2.45) is 5.92 Å². The fourth-order valence-electron chi connectivity index (χ4n) is 2.65. The summed E-state index contributed by atoms with van der Waals surface area (Å²) in [6, 6.07) is -0.625. The van der Waals surface area contributed by atoms with E-state index in [-0.39, 0.29) is 24.4 Å². The monoisotopic (exact) mass is 272 g/mol. The lowest BCUT2D eigenvalue weighted by atomic mass is 9.91. The fraction of sp³-hybridized carbons (Fsp3) is 0.846. The summed E-state index contributed by atoms with van der Waals surface area (Å²) in [7, 11) is 1.58. The van der Waals surface area contributed by atoms with Gasteiger partial charge in [0.15, 0.2) is 0 Å². The van der Waals surface area contributed by atoms with E-state index in [1.807, 2.05) is 13.8 Å². The van der Waals surface area contributed by atoms with Crippen molar-refractivity contribution in [3.8, 4) is 0 Å². The molecule has 0 radical (unpaired) electrons. The third-order valence-electron chi connectivity index (χ3n) is 3.46. The Morgan fingerprint density at radius 3 is 2.79 bits per heavy atom. The van der Waals surface area contributed by atoms with Crippen molar-refractivity contribution >= 4 is 11.9 Å². The number of hydrogen-bond acceptors (Lipinski definition) is 4. The van der Waals surface area contributed by atoms with Crippen molar-refractivity contribution in [2.75, 3.05) is 26.8 Å². The van der Waals surface area contributed by atoms with Crippen molar-refractivity contribution in [1.29, 1.82) is 0 Å². The van der Waals surface area contributed by atoms with Crippen molar-refractivity contribution < 1.29 is 19.4 Å². The Bertz CT molecular complexity index is 322. The molecule has 0 aromatic carbocycles. The molecule has 1 fully saturated rings. The summed E-state index contributed by atoms with van der Waals surface area (Å²) in [5, 5.41) is 12.1. The third-order valence-corrected chi connectivity index (χ3v) is 3.46. The fourth-order valence-corrected chi connectivity index (χ4v) is 2.65. The van der Waals surface area contributed by atoms with E-state index in [2.05, 4.69) is 5.32 Å². The average molecular weight is 272 g/mol. The molecule has 1 rings (SSSR count). The number of hydrogen-bond donors (Lipinski definition) is 2. The second-order valence-electron chi connectivity index (χ2n) is 5.30. The Labute approximate surface area is 114 Å². The van der Waals surface area contributed by atoms with E-state index in [4.69, 9.17) is 4.74 Å². The number of nitrogens with one attached hydrogen (secondary N) is 1. The van der Waals surface area contributed by atoms with Crippen molar-refractivity contribution in [3.63, 3.8) is 0 Å². The lowest BCUT2D eigenvalue weighted by Gasteiger charge is -2.36. The number of carboxylic acid groups (broad SMARTS) is 1. The summed E-state index contributed by atoms with van der Waals surface area (Å²) in [6.45, 7) is 5.03. The number of amides is 1. The van der Waals surface area contributed by atoms with E-state index >= 15 is 0 Å². The highest BCUT2D eigenvalue weighted by atomic mass is 16.5. The molecule has 3 atom stereocenters. The number of piperidine rings is 1. The van der Waals surface area contributed by atoms with Crippen LogP contribution in [0.15, 0.2) is 0 Å². The van der Waals surface area contributed by atoms with Crippen LogP contribution in [-0.4, -0.2) is 60.8 Å². The zero-order chi connectivity index (χ0) is 14.4. The molecule has 1 heterocycles. The van der Waals surface area contributed by atoms with Gasteiger partial charge in [-0.3, -0.25) is 14.5 Å². The highest BCUT2D eigenvalue weighted by Gasteiger charge is 2.35. The van der Waals surface area contributed by atoms with Gasteiger partial charge in [-0.2, -0.15) is 0 Å². The van der Waals surface area contributed by atoms with Gasteiger partial charge in [0.25, 0.3) is 0 Å². The number of methoxy groups -OCH3 is 1. The van der Waals surface area contributed by atoms with Gasteiger partial charge in [-0.05, 0) is 32.2 Å². The van der Waals surface area contributed by atoms with Crippen LogP contribution < -0.4 is 5.32 Å². The molecule has 6 heteroatoms. The van der Waals surface area contributed by atoms with Crippen LogP contribution in [0.2, 0.25) is 0 Å². The number of nitrogens with zero attached hydrogens (tertiary/aromatic N) is 1. The van der Waals surface area contributed by atoms with Gasteiger partial charge in [-0.25, -0.2) is 0 Å². The lowest BCUT2D eigenvalue weighted by molar-refractivity contribution is -0.147. The first kappa shape index (κ1) is 15.9. The average Bonchev–Trinajstić information content (AvgIpc) is 2.28. The molecule has 0 aromatic rings. The summed E-state index contributed by atoms with van der Waals surface area (Å²) < 4.78 is 4.95. The van der Waals surface area contributed by atoms with E-state index in [1.165, 1.54) is 0 Å². The lowest BCUT2D eigenvalue weighted by Crippen LogP contribution is -2.53. The minimum Gasteiger partial charge on any atom is -0.480 e. The van der Waals surface area contributed by atoms with Crippen molar-refractivity contribution in [2.45, 2.75) is 38.8 Å². The SMILES string of the molecule is COCC(C)NC(=O)CN1CCCC(C)C1C(=O)O. The Morgan fingerprint density at radius 1 is 1.53 bits per heavy atom. The number of ether oxygens (including phenoxy) is 1. The minimum atomic E-state index is -0.843. The first-order chi connectivity index (χ1) is 8.95. The van der Waals surface area contributed by atoms with E-state index in [0.717, 1.165) is 12.8 Å². The molecule has 2 N–H and O–H groups in total. The van der Waals surface area contributed by atoms with Crippen LogP contribution in [0, 0.1) is 5.92 Å². The maximum atomic E-state index is 11.9. The number of carboxylic acids is 1. The highest BCUT2D eigenvalue weighted by Crippen LogP contribution is 2.23. The Kier molecular flexibility index (Phi) is 6.24. The quantitative estimate of drug-likeness (QED) is 0.728. The number of rotatable bonds is 6. The Morgan fingerprint density at radius 2 is 2.21 bits per heavy atom. The minimum absolute atomic E-state index is 0.0667. The summed E-state index contributed by atoms with van der Waals surface area (Å²) in [5.41, 5.74) is 0. The van der Waals surface area contributed by atoms with E-state index in [9.17, 15) is 14.7 Å². The standard InChI is InChI=1S/C13H24N2O4/c1-9-5-4-6-15(12(9)13(17)18)7-11(16)14-10(2)8-19-3/h9-10,12H,4-8H2,1-3H3,(H,14,16)(H,17,18). The Balaban J connectivity index is 2.53. The predicted molar refractivity (Wildman–Crippen MR) is 70.9 cm³/mol. The van der Waals surface area contributed by atoms with E-state index in [0.29, 0.717) is 13.2 Å². The molecule has 6 nitrogen and oxygen atoms in total. The molecule has 1 aliphatic rings. The normalized spacial score (nSPS) is 25.8. The van der Waals surface area contributed by atoms with Crippen LogP contribution in [0.4, 0.5) is 0 Å². The molecule has 110 valence electrons. The Hall–Kier alpha value is -1.14. The van der Waals surface area contributed by atoms with Crippen LogP contribution in [0.1, 0.15) is 26.7 Å². The molecule has 0 aromatic heterocycles. The summed E-state index contributed by atoms with van der Waals surface area (Å²) in [5.74, 6) is -0.912. The molecule has 1 amide bonds. The van der Waals surface area contributed by atoms with Gasteiger partial charge in [0, 0.05) is 13.2 Å². The smallest absolute Gasteiger partial charge is 0.321 e. The van der Waals surface area contributed by atoms with Crippen LogP contribution in [0.5, 0.6) is 0 Å². The first-order valence-electron chi connectivity index (χ1n) is 6.70. The third kappa shape index (κ3) is 4.80. The van der Waals surface area contributed by atoms with E-state index in [1.54, 1.807) is 12.0 Å². The van der Waals surface area contributed by atoms with E-state index < -0.39 is 12.0 Å². The maximum absolute atomic E-state index is 11.9. The van der Waals surface area contributed by atoms with Crippen LogP contribution in [-0.2, 0) is 14.3 Å². The number of likely N-dealkylation sites (tertiary alicyclic amines) is 1. The molecule has 0 aliphatic carbocycles. The molecule has 3 unspecified atom stereocenters. The molecular formula is C13H24N2O4. The zero-order valence-corrected chi connectivity index (χ0v) is 11.9. The van der Waals surface area contributed by atoms with Gasteiger partial charge in [0.1, 0.15) is 6.04 Å². The number of aliphatic carboxylic acids is 1. The molecule has 19 heavy (non-hydrogen) atoms. The topological polar surface area (TPSA) is 78.9 Å². The molecule has 0 spiro atoms. The largest absolute Gasteiger partial charge is 0.480 e. The van der Waals surface area contributed by atoms with Gasteiger partial charge < -0.3 is 15.2 Å². The molecule has 1 saturated heterocycles. The second kappa shape index (κ2) is 7.45. The summed E-state index contributed by atoms with van der Waals surface area (Å²) in [4.78, 5) is 24.9. The number of carbonyl (C=O) groups excluding carboxylic acids is 1. The van der Waals surface area contributed by atoms with Crippen LogP contribution in [0.25, 0.3) is 0 Å². The van der Waals surface area contributed by atoms with Crippen molar-refractivity contribution in [1.82, 2.24) is 10.2 Å². The van der Waals surface area contributed by atoms with Gasteiger partial charge in [-0.1, -0.05) is 6.92 Å². The molecule has 0 bridgehead atoms. The van der Waals surface area contributed by atoms with Gasteiger partial charge in [0.2, 0.25) is 5.91 Å². The second-order valence-corrected chi connectivity index (χ2v) is 5.30.